The Morgan fingerprint density at radius 1 is 1.26 bits per heavy atom. The quantitative estimate of drug-likeness (QED) is 0.729. The summed E-state index contributed by atoms with van der Waals surface area (Å²) in [5.41, 5.74) is 2.80. The Labute approximate surface area is 160 Å². The second-order valence-electron chi connectivity index (χ2n) is 6.23. The first kappa shape index (κ1) is 20.3. The largest absolute Gasteiger partial charge is 0.493 e. The van der Waals surface area contributed by atoms with E-state index in [1.54, 1.807) is 18.1 Å². The van der Waals surface area contributed by atoms with Crippen LogP contribution in [0.3, 0.4) is 0 Å². The van der Waals surface area contributed by atoms with Crippen LogP contribution >= 0.6 is 0 Å². The molecule has 0 saturated carbocycles. The average molecular weight is 367 g/mol. The van der Waals surface area contributed by atoms with Crippen molar-refractivity contribution in [2.75, 3.05) is 25.2 Å². The molecule has 5 nitrogen and oxygen atoms in total. The smallest absolute Gasteiger partial charge is 0.255 e. The van der Waals surface area contributed by atoms with Crippen LogP contribution in [0.4, 0.5) is 5.69 Å². The molecule has 27 heavy (non-hydrogen) atoms. The highest BCUT2D eigenvalue weighted by atomic mass is 16.5. The normalized spacial score (nSPS) is 11.4. The van der Waals surface area contributed by atoms with Gasteiger partial charge in [0.1, 0.15) is 12.7 Å². The molecule has 0 bridgehead atoms. The third-order valence-electron chi connectivity index (χ3n) is 4.10. The van der Waals surface area contributed by atoms with Crippen molar-refractivity contribution < 1.29 is 19.4 Å². The summed E-state index contributed by atoms with van der Waals surface area (Å²) >= 11 is 0. The van der Waals surface area contributed by atoms with Gasteiger partial charge >= 0.3 is 0 Å². The molecule has 142 valence electrons. The van der Waals surface area contributed by atoms with Crippen molar-refractivity contribution in [1.82, 2.24) is 0 Å². The van der Waals surface area contributed by atoms with E-state index in [9.17, 15) is 9.90 Å². The summed E-state index contributed by atoms with van der Waals surface area (Å²) < 4.78 is 10.8. The van der Waals surface area contributed by atoms with Gasteiger partial charge in [0.2, 0.25) is 0 Å². The molecule has 2 rings (SSSR count). The van der Waals surface area contributed by atoms with Crippen molar-refractivity contribution in [3.05, 3.63) is 53.6 Å². The molecule has 0 aliphatic rings. The lowest BCUT2D eigenvalue weighted by atomic mass is 10.1. The Bertz CT molecular complexity index is 823. The minimum absolute atomic E-state index is 0.166. The van der Waals surface area contributed by atoms with Gasteiger partial charge in [-0.1, -0.05) is 24.1 Å². The van der Waals surface area contributed by atoms with Crippen molar-refractivity contribution >= 4 is 11.6 Å². The lowest BCUT2D eigenvalue weighted by Gasteiger charge is -2.25. The summed E-state index contributed by atoms with van der Waals surface area (Å²) in [7, 11) is 1.57. The van der Waals surface area contributed by atoms with Crippen LogP contribution < -0.4 is 14.4 Å². The number of carbonyl (C=O) groups excluding carboxylic acids is 1. The molecule has 2 aromatic rings. The summed E-state index contributed by atoms with van der Waals surface area (Å²) in [5, 5.41) is 9.78. The molecule has 1 unspecified atom stereocenters. The number of methoxy groups -OCH3 is 1. The van der Waals surface area contributed by atoms with E-state index in [1.807, 2.05) is 43.3 Å². The second kappa shape index (κ2) is 9.65. The molecule has 0 heterocycles. The van der Waals surface area contributed by atoms with E-state index in [2.05, 4.69) is 5.92 Å². The summed E-state index contributed by atoms with van der Waals surface area (Å²) in [6.45, 7) is 4.04. The number of carbonyl (C=O) groups is 1. The van der Waals surface area contributed by atoms with Gasteiger partial charge in [-0.05, 0) is 55.7 Å². The van der Waals surface area contributed by atoms with Crippen molar-refractivity contribution in [2.24, 2.45) is 0 Å². The van der Waals surface area contributed by atoms with E-state index in [0.717, 1.165) is 16.8 Å². The number of terminal acetylenes is 1. The zero-order valence-corrected chi connectivity index (χ0v) is 15.9. The number of hydrogen-bond donors (Lipinski definition) is 1. The predicted molar refractivity (Wildman–Crippen MR) is 106 cm³/mol. The molecule has 0 fully saturated rings. The van der Waals surface area contributed by atoms with Gasteiger partial charge in [-0.3, -0.25) is 4.79 Å². The van der Waals surface area contributed by atoms with Crippen LogP contribution in [0.5, 0.6) is 11.5 Å². The van der Waals surface area contributed by atoms with Crippen LogP contribution in [0, 0.1) is 19.3 Å². The van der Waals surface area contributed by atoms with Gasteiger partial charge in [-0.2, -0.15) is 0 Å². The fraction of sp³-hybridized carbons (Fsp3) is 0.318. The zero-order chi connectivity index (χ0) is 19.8. The van der Waals surface area contributed by atoms with Crippen molar-refractivity contribution in [1.29, 1.82) is 0 Å². The first-order valence-electron chi connectivity index (χ1n) is 8.75. The van der Waals surface area contributed by atoms with E-state index in [4.69, 9.17) is 15.9 Å². The van der Waals surface area contributed by atoms with Gasteiger partial charge in [0.25, 0.3) is 5.91 Å². The molecule has 0 aromatic heterocycles. The maximum atomic E-state index is 12.5. The van der Waals surface area contributed by atoms with E-state index < -0.39 is 6.10 Å². The highest BCUT2D eigenvalue weighted by molar-refractivity contribution is 5.96. The van der Waals surface area contributed by atoms with E-state index >= 15 is 0 Å². The molecule has 0 aliphatic carbocycles. The number of rotatable bonds is 8. The molecule has 0 spiro atoms. The minimum Gasteiger partial charge on any atom is -0.493 e. The number of anilines is 1. The van der Waals surface area contributed by atoms with Crippen molar-refractivity contribution in [2.45, 2.75) is 26.4 Å². The van der Waals surface area contributed by atoms with Crippen molar-refractivity contribution in [3.8, 4) is 23.8 Å². The van der Waals surface area contributed by atoms with Crippen LogP contribution in [0.15, 0.2) is 42.5 Å². The fourth-order valence-corrected chi connectivity index (χ4v) is 2.73. The maximum Gasteiger partial charge on any atom is 0.255 e. The third-order valence-corrected chi connectivity index (χ3v) is 4.10. The molecule has 0 aliphatic heterocycles. The topological polar surface area (TPSA) is 59.0 Å². The first-order chi connectivity index (χ1) is 13.0. The number of aryl methyl sites for hydroxylation is 1. The van der Waals surface area contributed by atoms with Crippen LogP contribution in [-0.2, 0) is 11.2 Å². The Balaban J connectivity index is 2.19. The summed E-state index contributed by atoms with van der Waals surface area (Å²) in [6.07, 6.45) is 4.75. The van der Waals surface area contributed by atoms with Crippen LogP contribution in [0.25, 0.3) is 0 Å². The minimum atomic E-state index is -1.07. The van der Waals surface area contributed by atoms with Crippen LogP contribution in [0.1, 0.15) is 18.1 Å². The molecule has 0 saturated heterocycles. The van der Waals surface area contributed by atoms with Gasteiger partial charge in [-0.25, -0.2) is 0 Å². The van der Waals surface area contributed by atoms with Gasteiger partial charge in [0.05, 0.1) is 7.11 Å². The summed E-state index contributed by atoms with van der Waals surface area (Å²) in [6, 6.07) is 13.2. The lowest BCUT2D eigenvalue weighted by molar-refractivity contribution is -0.125. The number of nitrogens with zero attached hydrogens (tertiary/aromatic N) is 1. The molecular weight excluding hydrogens is 342 g/mol. The maximum absolute atomic E-state index is 12.5. The molecule has 2 aromatic carbocycles. The van der Waals surface area contributed by atoms with E-state index in [1.165, 1.54) is 6.92 Å². The number of aliphatic hydroxyl groups excluding tert-OH is 1. The molecule has 5 heteroatoms. The van der Waals surface area contributed by atoms with E-state index in [0.29, 0.717) is 24.5 Å². The summed E-state index contributed by atoms with van der Waals surface area (Å²) in [4.78, 5) is 14.1. The molecule has 0 radical (unpaired) electrons. The third kappa shape index (κ3) is 5.50. The van der Waals surface area contributed by atoms with Gasteiger partial charge in [0.15, 0.2) is 11.5 Å². The standard InChI is InChI=1S/C22H25NO4/c1-5-13-27-20-10-9-18(15-21(20)26-4)11-12-23(22(25)17(3)24)19-8-6-7-16(2)14-19/h1,6-10,14-15,17,24H,11-13H2,2-4H3. The zero-order valence-electron chi connectivity index (χ0n) is 15.9. The molecular formula is C22H25NO4. The van der Waals surface area contributed by atoms with Gasteiger partial charge in [-0.15, -0.1) is 6.42 Å². The first-order valence-corrected chi connectivity index (χ1v) is 8.75. The monoisotopic (exact) mass is 367 g/mol. The number of benzene rings is 2. The second-order valence-corrected chi connectivity index (χ2v) is 6.23. The Morgan fingerprint density at radius 3 is 2.67 bits per heavy atom. The number of hydrogen-bond acceptors (Lipinski definition) is 4. The SMILES string of the molecule is C#CCOc1ccc(CCN(C(=O)C(C)O)c2cccc(C)c2)cc1OC. The highest BCUT2D eigenvalue weighted by Crippen LogP contribution is 2.28. The average Bonchev–Trinajstić information content (AvgIpc) is 2.66. The van der Waals surface area contributed by atoms with Gasteiger partial charge < -0.3 is 19.5 Å². The molecule has 1 amide bonds. The number of aliphatic hydroxyl groups is 1. The molecule has 1 atom stereocenters. The van der Waals surface area contributed by atoms with E-state index in [-0.39, 0.29) is 12.5 Å². The van der Waals surface area contributed by atoms with Crippen molar-refractivity contribution in [3.63, 3.8) is 0 Å². The number of ether oxygens (including phenoxy) is 2. The summed E-state index contributed by atoms with van der Waals surface area (Å²) in [5.74, 6) is 3.26. The lowest BCUT2D eigenvalue weighted by Crippen LogP contribution is -2.39. The molecule has 1 N–H and O–H groups in total. The Morgan fingerprint density at radius 2 is 2.04 bits per heavy atom. The fourth-order valence-electron chi connectivity index (χ4n) is 2.73. The highest BCUT2D eigenvalue weighted by Gasteiger charge is 2.20. The Hall–Kier alpha value is -2.97. The van der Waals surface area contributed by atoms with Crippen LogP contribution in [-0.4, -0.2) is 37.4 Å². The Kier molecular flexibility index (Phi) is 7.27. The van der Waals surface area contributed by atoms with Crippen LogP contribution in [0.2, 0.25) is 0 Å². The number of amides is 1. The predicted octanol–water partition coefficient (Wildman–Crippen LogP) is 2.97. The van der Waals surface area contributed by atoms with Gasteiger partial charge in [0, 0.05) is 12.2 Å².